The Morgan fingerprint density at radius 1 is 1.23 bits per heavy atom. The summed E-state index contributed by atoms with van der Waals surface area (Å²) in [5.41, 5.74) is 7.46. The second-order valence-corrected chi connectivity index (χ2v) is 10.0. The number of carbonyl (C=O) groups excluding carboxylic acids is 3. The quantitative estimate of drug-likeness (QED) is 0.345. The fourth-order valence-corrected chi connectivity index (χ4v) is 5.30. The molecule has 1 fully saturated rings. The maximum atomic E-state index is 13.9. The second-order valence-electron chi connectivity index (χ2n) is 10.0. The van der Waals surface area contributed by atoms with Crippen molar-refractivity contribution in [3.63, 3.8) is 0 Å². The average molecular weight is 531 g/mol. The number of aromatic carboxylic acids is 1. The molecule has 3 aromatic rings. The fraction of sp³-hybridized carbons (Fsp3) is 0.357. The number of carboxylic acid groups (broad SMARTS) is 1. The van der Waals surface area contributed by atoms with E-state index < -0.39 is 29.1 Å². The number of rotatable bonds is 8. The van der Waals surface area contributed by atoms with Crippen molar-refractivity contribution in [3.8, 4) is 6.07 Å². The zero-order valence-electron chi connectivity index (χ0n) is 21.7. The van der Waals surface area contributed by atoms with E-state index >= 15 is 0 Å². The van der Waals surface area contributed by atoms with Crippen molar-refractivity contribution in [3.05, 3.63) is 53.9 Å². The molecule has 0 bridgehead atoms. The monoisotopic (exact) mass is 530 g/mol. The van der Waals surface area contributed by atoms with Crippen LogP contribution in [-0.4, -0.2) is 45.8 Å². The molecular weight excluding hydrogens is 500 g/mol. The average Bonchev–Trinajstić information content (AvgIpc) is 3.35. The molecule has 0 radical (unpaired) electrons. The van der Waals surface area contributed by atoms with E-state index in [0.717, 1.165) is 5.56 Å². The molecule has 0 unspecified atom stereocenters. The molecule has 1 atom stereocenters. The summed E-state index contributed by atoms with van der Waals surface area (Å²) in [5.74, 6) is -3.66. The largest absolute Gasteiger partial charge is 0.475 e. The molecule has 4 rings (SSSR count). The van der Waals surface area contributed by atoms with Gasteiger partial charge in [0.2, 0.25) is 23.5 Å². The summed E-state index contributed by atoms with van der Waals surface area (Å²) in [6.07, 6.45) is 1.68. The van der Waals surface area contributed by atoms with Gasteiger partial charge in [-0.05, 0) is 68.0 Å². The first-order chi connectivity index (χ1) is 18.5. The number of nitrogens with two attached hydrogens (primary N) is 1. The molecule has 11 nitrogen and oxygen atoms in total. The van der Waals surface area contributed by atoms with Crippen LogP contribution in [0.5, 0.6) is 0 Å². The molecule has 0 aliphatic heterocycles. The van der Waals surface area contributed by atoms with E-state index in [1.54, 1.807) is 43.4 Å². The first-order valence-electron chi connectivity index (χ1n) is 12.6. The zero-order valence-corrected chi connectivity index (χ0v) is 21.7. The highest BCUT2D eigenvalue weighted by Gasteiger charge is 2.49. The number of primary amides is 1. The third-order valence-corrected chi connectivity index (χ3v) is 7.70. The van der Waals surface area contributed by atoms with Crippen LogP contribution in [-0.2, 0) is 20.8 Å². The summed E-state index contributed by atoms with van der Waals surface area (Å²) >= 11 is 0. The molecule has 3 amide bonds. The van der Waals surface area contributed by atoms with Gasteiger partial charge >= 0.3 is 5.97 Å². The van der Waals surface area contributed by atoms with Gasteiger partial charge in [-0.3, -0.25) is 14.4 Å². The van der Waals surface area contributed by atoms with Crippen LogP contribution in [0, 0.1) is 28.6 Å². The predicted molar refractivity (Wildman–Crippen MR) is 144 cm³/mol. The first kappa shape index (κ1) is 27.3. The van der Waals surface area contributed by atoms with Crippen LogP contribution in [0.4, 0.5) is 11.4 Å². The number of benzene rings is 2. The summed E-state index contributed by atoms with van der Waals surface area (Å²) in [6.45, 7) is 1.45. The maximum Gasteiger partial charge on any atom is 0.371 e. The molecule has 11 heteroatoms. The van der Waals surface area contributed by atoms with Crippen LogP contribution in [0.1, 0.15) is 48.8 Å². The van der Waals surface area contributed by atoms with Gasteiger partial charge in [0.15, 0.2) is 0 Å². The predicted octanol–water partition coefficient (Wildman–Crippen LogP) is 3.23. The molecule has 5 N–H and O–H groups in total. The van der Waals surface area contributed by atoms with Crippen LogP contribution in [0.25, 0.3) is 11.0 Å². The SMILES string of the molecule is CC(=O)N(C)c1cccc(C[C@H](C(=O)Nc2ccc3nc(C(=O)O)[nH]c3c2)C2(C(N)=O)CCC(C#N)CC2)c1. The first-order valence-corrected chi connectivity index (χ1v) is 12.6. The Balaban J connectivity index is 1.70. The number of nitrogens with zero attached hydrogens (tertiary/aromatic N) is 3. The Labute approximate surface area is 225 Å². The molecule has 1 aliphatic carbocycles. The molecule has 1 heterocycles. The third-order valence-electron chi connectivity index (χ3n) is 7.70. The van der Waals surface area contributed by atoms with Gasteiger partial charge in [0.1, 0.15) is 0 Å². The number of amides is 3. The number of aromatic nitrogens is 2. The number of fused-ring (bicyclic) bond motifs is 1. The Hall–Kier alpha value is -4.72. The highest BCUT2D eigenvalue weighted by molar-refractivity contribution is 5.99. The van der Waals surface area contributed by atoms with E-state index in [9.17, 15) is 29.5 Å². The molecule has 0 saturated heterocycles. The van der Waals surface area contributed by atoms with E-state index in [1.807, 2.05) is 6.07 Å². The lowest BCUT2D eigenvalue weighted by Crippen LogP contribution is -2.50. The molecule has 202 valence electrons. The molecular formula is C28H30N6O5. The summed E-state index contributed by atoms with van der Waals surface area (Å²) in [4.78, 5) is 58.3. The topological polar surface area (TPSA) is 182 Å². The van der Waals surface area contributed by atoms with Gasteiger partial charge in [-0.1, -0.05) is 12.1 Å². The Kier molecular flexibility index (Phi) is 7.67. The fourth-order valence-electron chi connectivity index (χ4n) is 5.30. The van der Waals surface area contributed by atoms with Crippen molar-refractivity contribution >= 4 is 46.1 Å². The van der Waals surface area contributed by atoms with E-state index in [-0.39, 0.29) is 24.1 Å². The number of H-pyrrole nitrogens is 1. The number of imidazole rings is 1. The minimum Gasteiger partial charge on any atom is -0.475 e. The minimum absolute atomic E-state index is 0.148. The molecule has 1 aliphatic rings. The van der Waals surface area contributed by atoms with Crippen LogP contribution < -0.4 is 16.0 Å². The molecule has 2 aromatic carbocycles. The molecule has 39 heavy (non-hydrogen) atoms. The number of carboxylic acids is 1. The number of hydrogen-bond acceptors (Lipinski definition) is 6. The Morgan fingerprint density at radius 2 is 1.95 bits per heavy atom. The lowest BCUT2D eigenvalue weighted by atomic mass is 9.61. The highest BCUT2D eigenvalue weighted by atomic mass is 16.4. The zero-order chi connectivity index (χ0) is 28.3. The van der Waals surface area contributed by atoms with Crippen molar-refractivity contribution in [2.45, 2.75) is 39.0 Å². The number of aromatic amines is 1. The second kappa shape index (κ2) is 10.9. The van der Waals surface area contributed by atoms with E-state index in [1.165, 1.54) is 11.8 Å². The van der Waals surface area contributed by atoms with Crippen LogP contribution >= 0.6 is 0 Å². The van der Waals surface area contributed by atoms with Crippen molar-refractivity contribution in [1.82, 2.24) is 9.97 Å². The number of carbonyl (C=O) groups is 4. The van der Waals surface area contributed by atoms with Gasteiger partial charge in [0, 0.05) is 31.3 Å². The van der Waals surface area contributed by atoms with Gasteiger partial charge in [-0.15, -0.1) is 0 Å². The smallest absolute Gasteiger partial charge is 0.371 e. The summed E-state index contributed by atoms with van der Waals surface area (Å²) in [7, 11) is 1.65. The van der Waals surface area contributed by atoms with Gasteiger partial charge in [0.05, 0.1) is 28.4 Å². The van der Waals surface area contributed by atoms with Crippen molar-refractivity contribution in [1.29, 1.82) is 5.26 Å². The van der Waals surface area contributed by atoms with Crippen molar-refractivity contribution in [2.75, 3.05) is 17.3 Å². The Bertz CT molecular complexity index is 1480. The van der Waals surface area contributed by atoms with Crippen LogP contribution in [0.2, 0.25) is 0 Å². The third kappa shape index (κ3) is 5.60. The summed E-state index contributed by atoms with van der Waals surface area (Å²) < 4.78 is 0. The van der Waals surface area contributed by atoms with Crippen molar-refractivity contribution < 1.29 is 24.3 Å². The van der Waals surface area contributed by atoms with E-state index in [4.69, 9.17) is 5.73 Å². The van der Waals surface area contributed by atoms with Crippen LogP contribution in [0.3, 0.4) is 0 Å². The summed E-state index contributed by atoms with van der Waals surface area (Å²) in [5, 5.41) is 21.5. The van der Waals surface area contributed by atoms with Gasteiger partial charge in [0.25, 0.3) is 0 Å². The lowest BCUT2D eigenvalue weighted by molar-refractivity contribution is -0.140. The maximum absolute atomic E-state index is 13.9. The lowest BCUT2D eigenvalue weighted by Gasteiger charge is -2.41. The standard InChI is InChI=1S/C28H30N6O5/c1-16(35)34(2)20-5-3-4-18(12-20)13-21(28(27(30)39)10-8-17(15-29)9-11-28)25(36)31-19-6-7-22-23(14-19)33-24(32-22)26(37)38/h3-7,12,14,17,21H,8-11,13H2,1-2H3,(H2,30,39)(H,31,36)(H,32,33)(H,37,38)/t17?,21-,28?/m1/s1. The summed E-state index contributed by atoms with van der Waals surface area (Å²) in [6, 6.07) is 14.2. The number of anilines is 2. The van der Waals surface area contributed by atoms with Gasteiger partial charge in [-0.2, -0.15) is 5.26 Å². The molecule has 1 aromatic heterocycles. The van der Waals surface area contributed by atoms with Gasteiger partial charge in [-0.25, -0.2) is 9.78 Å². The Morgan fingerprint density at radius 3 is 2.56 bits per heavy atom. The minimum atomic E-state index is -1.20. The number of nitriles is 1. The van der Waals surface area contributed by atoms with Gasteiger partial charge < -0.3 is 26.0 Å². The molecule has 0 spiro atoms. The number of hydrogen-bond donors (Lipinski definition) is 4. The highest BCUT2D eigenvalue weighted by Crippen LogP contribution is 2.46. The van der Waals surface area contributed by atoms with Crippen LogP contribution in [0.15, 0.2) is 42.5 Å². The normalized spacial score (nSPS) is 19.6. The van der Waals surface area contributed by atoms with Crippen molar-refractivity contribution in [2.24, 2.45) is 23.0 Å². The van der Waals surface area contributed by atoms with E-state index in [2.05, 4.69) is 21.4 Å². The molecule has 1 saturated carbocycles. The van der Waals surface area contributed by atoms with E-state index in [0.29, 0.717) is 48.1 Å². The number of nitrogens with one attached hydrogen (secondary N) is 2.